The molecule has 5 heteroatoms. The van der Waals surface area contributed by atoms with Gasteiger partial charge in [0.25, 0.3) is 0 Å². The molecule has 4 nitrogen and oxygen atoms in total. The second-order valence-electron chi connectivity index (χ2n) is 5.96. The van der Waals surface area contributed by atoms with Crippen molar-refractivity contribution < 1.29 is 8.42 Å². The van der Waals surface area contributed by atoms with Gasteiger partial charge in [0.2, 0.25) is 10.0 Å². The lowest BCUT2D eigenvalue weighted by Gasteiger charge is -2.38. The smallest absolute Gasteiger partial charge is 0.217 e. The van der Waals surface area contributed by atoms with Crippen molar-refractivity contribution in [3.8, 4) is 0 Å². The summed E-state index contributed by atoms with van der Waals surface area (Å²) in [5.41, 5.74) is 0. The molecule has 1 atom stereocenters. The lowest BCUT2D eigenvalue weighted by Crippen LogP contribution is -2.48. The average Bonchev–Trinajstić information content (AvgIpc) is 2.46. The molecule has 0 spiro atoms. The Morgan fingerprint density at radius 2 is 1.74 bits per heavy atom. The predicted octanol–water partition coefficient (Wildman–Crippen LogP) is 2.11. The van der Waals surface area contributed by atoms with Crippen LogP contribution in [0.1, 0.15) is 57.8 Å². The third-order valence-electron chi connectivity index (χ3n) is 4.60. The zero-order chi connectivity index (χ0) is 13.7. The summed E-state index contributed by atoms with van der Waals surface area (Å²) in [5, 5.41) is 3.04. The molecular weight excluding hydrogens is 260 g/mol. The summed E-state index contributed by atoms with van der Waals surface area (Å²) < 4.78 is 27.5. The lowest BCUT2D eigenvalue weighted by atomic mass is 10.0. The summed E-state index contributed by atoms with van der Waals surface area (Å²) in [6.07, 6.45) is 9.30. The van der Waals surface area contributed by atoms with Gasteiger partial charge >= 0.3 is 0 Å². The van der Waals surface area contributed by atoms with E-state index in [4.69, 9.17) is 0 Å². The first-order valence-electron chi connectivity index (χ1n) is 7.81. The SMILES string of the molecule is CNCCC1CCCCN1S(=O)(=O)C1CCCCC1. The largest absolute Gasteiger partial charge is 0.320 e. The molecule has 1 aliphatic carbocycles. The first-order valence-corrected chi connectivity index (χ1v) is 9.32. The predicted molar refractivity (Wildman–Crippen MR) is 78.7 cm³/mol. The monoisotopic (exact) mass is 288 g/mol. The molecule has 2 aliphatic rings. The lowest BCUT2D eigenvalue weighted by molar-refractivity contribution is 0.235. The van der Waals surface area contributed by atoms with E-state index in [0.717, 1.165) is 58.0 Å². The van der Waals surface area contributed by atoms with Crippen molar-refractivity contribution >= 4 is 10.0 Å². The molecule has 1 N–H and O–H groups in total. The van der Waals surface area contributed by atoms with Gasteiger partial charge < -0.3 is 5.32 Å². The fraction of sp³-hybridized carbons (Fsp3) is 1.00. The summed E-state index contributed by atoms with van der Waals surface area (Å²) >= 11 is 0. The Balaban J connectivity index is 2.06. The second-order valence-corrected chi connectivity index (χ2v) is 8.12. The van der Waals surface area contributed by atoms with Gasteiger partial charge in [0.15, 0.2) is 0 Å². The molecule has 0 bridgehead atoms. The molecule has 1 unspecified atom stereocenters. The fourth-order valence-corrected chi connectivity index (χ4v) is 5.78. The zero-order valence-electron chi connectivity index (χ0n) is 12.1. The number of sulfonamides is 1. The Kier molecular flexibility index (Phi) is 5.66. The standard InChI is InChI=1S/C14H28N2O2S/c1-15-11-10-13-7-5-6-12-16(13)19(17,18)14-8-3-2-4-9-14/h13-15H,2-12H2,1H3. The third kappa shape index (κ3) is 3.70. The summed E-state index contributed by atoms with van der Waals surface area (Å²) in [6.45, 7) is 1.65. The molecule has 1 heterocycles. The van der Waals surface area contributed by atoms with Crippen molar-refractivity contribution in [2.75, 3.05) is 20.1 Å². The number of rotatable bonds is 5. The summed E-state index contributed by atoms with van der Waals surface area (Å²) in [5.74, 6) is 0. The zero-order valence-corrected chi connectivity index (χ0v) is 12.9. The molecule has 1 aliphatic heterocycles. The van der Waals surface area contributed by atoms with E-state index in [1.54, 1.807) is 0 Å². The Labute approximate surface area is 118 Å². The molecule has 2 rings (SSSR count). The van der Waals surface area contributed by atoms with Crippen molar-refractivity contribution in [3.63, 3.8) is 0 Å². The molecule has 0 aromatic heterocycles. The van der Waals surface area contributed by atoms with Crippen molar-refractivity contribution in [3.05, 3.63) is 0 Å². The number of nitrogens with zero attached hydrogens (tertiary/aromatic N) is 1. The molecule has 1 saturated heterocycles. The first-order chi connectivity index (χ1) is 9.16. The quantitative estimate of drug-likeness (QED) is 0.843. The first kappa shape index (κ1) is 15.3. The molecule has 0 aromatic rings. The average molecular weight is 288 g/mol. The van der Waals surface area contributed by atoms with Gasteiger partial charge in [-0.2, -0.15) is 4.31 Å². The van der Waals surface area contributed by atoms with E-state index in [2.05, 4.69) is 5.32 Å². The molecule has 0 radical (unpaired) electrons. The van der Waals surface area contributed by atoms with Gasteiger partial charge in [0, 0.05) is 12.6 Å². The van der Waals surface area contributed by atoms with Crippen LogP contribution in [0.15, 0.2) is 0 Å². The number of hydrogen-bond acceptors (Lipinski definition) is 3. The minimum atomic E-state index is -3.06. The molecule has 2 fully saturated rings. The normalized spacial score (nSPS) is 27.5. The summed E-state index contributed by atoms with van der Waals surface area (Å²) in [6, 6.07) is 0.230. The van der Waals surface area contributed by atoms with E-state index >= 15 is 0 Å². The number of nitrogens with one attached hydrogen (secondary N) is 1. The number of piperidine rings is 1. The second kappa shape index (κ2) is 7.04. The Morgan fingerprint density at radius 1 is 1.05 bits per heavy atom. The summed E-state index contributed by atoms with van der Waals surface area (Å²) in [7, 11) is -1.13. The minimum absolute atomic E-state index is 0.101. The van der Waals surface area contributed by atoms with E-state index in [1.165, 1.54) is 12.8 Å². The van der Waals surface area contributed by atoms with Crippen LogP contribution in [0.2, 0.25) is 0 Å². The van der Waals surface area contributed by atoms with Crippen LogP contribution < -0.4 is 5.32 Å². The van der Waals surface area contributed by atoms with Crippen LogP contribution in [0.25, 0.3) is 0 Å². The van der Waals surface area contributed by atoms with Crippen LogP contribution in [0.4, 0.5) is 0 Å². The van der Waals surface area contributed by atoms with Gasteiger partial charge in [-0.3, -0.25) is 0 Å². The maximum atomic E-state index is 12.8. The highest BCUT2D eigenvalue weighted by atomic mass is 32.2. The minimum Gasteiger partial charge on any atom is -0.320 e. The van der Waals surface area contributed by atoms with Crippen LogP contribution in [-0.2, 0) is 10.0 Å². The topological polar surface area (TPSA) is 49.4 Å². The highest BCUT2D eigenvalue weighted by Crippen LogP contribution is 2.30. The maximum Gasteiger partial charge on any atom is 0.217 e. The fourth-order valence-electron chi connectivity index (χ4n) is 3.46. The van der Waals surface area contributed by atoms with Crippen LogP contribution in [-0.4, -0.2) is 44.2 Å². The van der Waals surface area contributed by atoms with E-state index in [9.17, 15) is 8.42 Å². The molecule has 0 aromatic carbocycles. The summed E-state index contributed by atoms with van der Waals surface area (Å²) in [4.78, 5) is 0. The van der Waals surface area contributed by atoms with E-state index < -0.39 is 10.0 Å². The van der Waals surface area contributed by atoms with E-state index in [1.807, 2.05) is 11.4 Å². The van der Waals surface area contributed by atoms with Crippen molar-refractivity contribution in [1.82, 2.24) is 9.62 Å². The van der Waals surface area contributed by atoms with Crippen LogP contribution in [0, 0.1) is 0 Å². The van der Waals surface area contributed by atoms with Crippen LogP contribution in [0.5, 0.6) is 0 Å². The van der Waals surface area contributed by atoms with Crippen molar-refractivity contribution in [1.29, 1.82) is 0 Å². The van der Waals surface area contributed by atoms with Gasteiger partial charge in [0.05, 0.1) is 5.25 Å². The van der Waals surface area contributed by atoms with Crippen LogP contribution in [0.3, 0.4) is 0 Å². The van der Waals surface area contributed by atoms with Crippen molar-refractivity contribution in [2.45, 2.75) is 69.1 Å². The molecule has 19 heavy (non-hydrogen) atoms. The highest BCUT2D eigenvalue weighted by Gasteiger charge is 2.37. The van der Waals surface area contributed by atoms with Gasteiger partial charge in [-0.1, -0.05) is 25.7 Å². The van der Waals surface area contributed by atoms with Crippen LogP contribution >= 0.6 is 0 Å². The third-order valence-corrected chi connectivity index (χ3v) is 7.05. The van der Waals surface area contributed by atoms with Gasteiger partial charge in [-0.05, 0) is 45.7 Å². The van der Waals surface area contributed by atoms with Crippen molar-refractivity contribution in [2.24, 2.45) is 0 Å². The Morgan fingerprint density at radius 3 is 2.42 bits per heavy atom. The molecule has 0 amide bonds. The molecular formula is C14H28N2O2S. The van der Waals surface area contributed by atoms with E-state index in [0.29, 0.717) is 0 Å². The Bertz CT molecular complexity index is 364. The molecule has 1 saturated carbocycles. The van der Waals surface area contributed by atoms with Gasteiger partial charge in [-0.25, -0.2) is 8.42 Å². The number of hydrogen-bond donors (Lipinski definition) is 1. The van der Waals surface area contributed by atoms with Gasteiger partial charge in [-0.15, -0.1) is 0 Å². The maximum absolute atomic E-state index is 12.8. The highest BCUT2D eigenvalue weighted by molar-refractivity contribution is 7.89. The van der Waals surface area contributed by atoms with E-state index in [-0.39, 0.29) is 11.3 Å². The molecule has 112 valence electrons. The van der Waals surface area contributed by atoms with Gasteiger partial charge in [0.1, 0.15) is 0 Å². The Hall–Kier alpha value is -0.130.